The predicted molar refractivity (Wildman–Crippen MR) is 57.0 cm³/mol. The van der Waals surface area contributed by atoms with E-state index in [9.17, 15) is 8.42 Å². The summed E-state index contributed by atoms with van der Waals surface area (Å²) in [5.74, 6) is 0.466. The van der Waals surface area contributed by atoms with Crippen molar-refractivity contribution >= 4 is 15.7 Å². The van der Waals surface area contributed by atoms with Gasteiger partial charge in [0.1, 0.15) is 16.5 Å². The highest BCUT2D eigenvalue weighted by Crippen LogP contribution is 2.19. The number of anilines is 1. The fraction of sp³-hybridized carbons (Fsp3) is 0.500. The van der Waals surface area contributed by atoms with Crippen LogP contribution in [0.25, 0.3) is 0 Å². The van der Waals surface area contributed by atoms with Crippen LogP contribution in [0.4, 0.5) is 5.82 Å². The zero-order chi connectivity index (χ0) is 11.6. The first-order valence-corrected chi connectivity index (χ1v) is 6.28. The fourth-order valence-corrected chi connectivity index (χ4v) is 2.35. The van der Waals surface area contributed by atoms with Crippen molar-refractivity contribution in [2.75, 3.05) is 18.5 Å². The molecular weight excluding hydrogens is 216 g/mol. The van der Waals surface area contributed by atoms with Gasteiger partial charge in [-0.2, -0.15) is 0 Å². The van der Waals surface area contributed by atoms with E-state index in [1.807, 2.05) is 0 Å². The summed E-state index contributed by atoms with van der Waals surface area (Å²) in [6.07, 6.45) is 1.56. The number of sulfone groups is 1. The molecule has 1 aromatic heterocycles. The lowest BCUT2D eigenvalue weighted by atomic mass is 10.3. The molecule has 1 aromatic rings. The number of nitrogen functional groups attached to an aromatic ring is 1. The van der Waals surface area contributed by atoms with Crippen LogP contribution in [0, 0.1) is 6.92 Å². The maximum atomic E-state index is 11.4. The third-order valence-corrected chi connectivity index (χ3v) is 3.09. The van der Waals surface area contributed by atoms with Gasteiger partial charge in [0, 0.05) is 12.7 Å². The van der Waals surface area contributed by atoms with Crippen LogP contribution in [-0.2, 0) is 16.3 Å². The van der Waals surface area contributed by atoms with Crippen molar-refractivity contribution in [2.45, 2.75) is 18.2 Å². The van der Waals surface area contributed by atoms with Gasteiger partial charge in [-0.3, -0.25) is 0 Å². The van der Waals surface area contributed by atoms with E-state index in [0.29, 0.717) is 24.5 Å². The molecule has 1 rings (SSSR count). The summed E-state index contributed by atoms with van der Waals surface area (Å²) in [6, 6.07) is 0. The Morgan fingerprint density at radius 1 is 1.33 bits per heavy atom. The van der Waals surface area contributed by atoms with Gasteiger partial charge in [-0.25, -0.2) is 18.4 Å². The lowest BCUT2D eigenvalue weighted by Crippen LogP contribution is -2.13. The monoisotopic (exact) mass is 230 g/mol. The van der Waals surface area contributed by atoms with E-state index in [2.05, 4.69) is 9.97 Å². The van der Waals surface area contributed by atoms with E-state index in [4.69, 9.17) is 11.5 Å². The van der Waals surface area contributed by atoms with Gasteiger partial charge in [-0.15, -0.1) is 0 Å². The molecule has 6 nitrogen and oxygen atoms in total. The summed E-state index contributed by atoms with van der Waals surface area (Å²) < 4.78 is 22.7. The summed E-state index contributed by atoms with van der Waals surface area (Å²) in [6.45, 7) is 1.99. The van der Waals surface area contributed by atoms with Crippen molar-refractivity contribution < 1.29 is 8.42 Å². The van der Waals surface area contributed by atoms with Crippen LogP contribution in [0.5, 0.6) is 0 Å². The molecule has 15 heavy (non-hydrogen) atoms. The summed E-state index contributed by atoms with van der Waals surface area (Å²) in [7, 11) is -3.38. The van der Waals surface area contributed by atoms with Gasteiger partial charge in [-0.05, 0) is 13.5 Å². The molecule has 0 saturated carbocycles. The Hall–Kier alpha value is -1.21. The molecule has 0 saturated heterocycles. The molecule has 0 unspecified atom stereocenters. The van der Waals surface area contributed by atoms with Gasteiger partial charge < -0.3 is 11.5 Å². The van der Waals surface area contributed by atoms with Crippen LogP contribution < -0.4 is 11.5 Å². The Kier molecular flexibility index (Phi) is 3.25. The molecule has 0 aromatic carbocycles. The molecule has 1 heterocycles. The minimum absolute atomic E-state index is 0.00303. The number of nitrogens with zero attached hydrogens (tertiary/aromatic N) is 2. The van der Waals surface area contributed by atoms with Crippen molar-refractivity contribution in [3.8, 4) is 0 Å². The maximum absolute atomic E-state index is 11.4. The Labute approximate surface area is 88.6 Å². The highest BCUT2D eigenvalue weighted by molar-refractivity contribution is 7.90. The SMILES string of the molecule is Cc1nc(CCN)nc(N)c1S(C)(=O)=O. The van der Waals surface area contributed by atoms with E-state index >= 15 is 0 Å². The smallest absolute Gasteiger partial charge is 0.180 e. The van der Waals surface area contributed by atoms with Crippen LogP contribution in [0.15, 0.2) is 4.90 Å². The van der Waals surface area contributed by atoms with Gasteiger partial charge in [0.05, 0.1) is 5.69 Å². The van der Waals surface area contributed by atoms with E-state index < -0.39 is 9.84 Å². The molecule has 0 bridgehead atoms. The maximum Gasteiger partial charge on any atom is 0.180 e. The molecule has 4 N–H and O–H groups in total. The van der Waals surface area contributed by atoms with Crippen LogP contribution in [-0.4, -0.2) is 31.2 Å². The Balaban J connectivity index is 3.34. The zero-order valence-electron chi connectivity index (χ0n) is 8.69. The van der Waals surface area contributed by atoms with Gasteiger partial charge in [-0.1, -0.05) is 0 Å². The molecule has 0 radical (unpaired) electrons. The fourth-order valence-electron chi connectivity index (χ4n) is 1.34. The molecule has 0 aliphatic carbocycles. The predicted octanol–water partition coefficient (Wildman–Crippen LogP) is -0.728. The molecule has 0 amide bonds. The first-order valence-electron chi connectivity index (χ1n) is 4.39. The number of hydrogen-bond acceptors (Lipinski definition) is 6. The number of nitrogens with two attached hydrogens (primary N) is 2. The number of aromatic nitrogens is 2. The Bertz CT molecular complexity index is 447. The van der Waals surface area contributed by atoms with Gasteiger partial charge in [0.25, 0.3) is 0 Å². The highest BCUT2D eigenvalue weighted by Gasteiger charge is 2.18. The molecule has 0 spiro atoms. The summed E-state index contributed by atoms with van der Waals surface area (Å²) in [5, 5.41) is 0. The molecule has 7 heteroatoms. The third-order valence-electron chi connectivity index (χ3n) is 1.85. The lowest BCUT2D eigenvalue weighted by Gasteiger charge is -2.07. The molecule has 0 aliphatic heterocycles. The Morgan fingerprint density at radius 3 is 2.33 bits per heavy atom. The first kappa shape index (κ1) is 11.9. The van der Waals surface area contributed by atoms with Crippen molar-refractivity contribution in [1.82, 2.24) is 9.97 Å². The number of rotatable bonds is 3. The second-order valence-corrected chi connectivity index (χ2v) is 5.20. The van der Waals surface area contributed by atoms with Gasteiger partial charge in [0.2, 0.25) is 0 Å². The quantitative estimate of drug-likeness (QED) is 0.708. The van der Waals surface area contributed by atoms with Gasteiger partial charge >= 0.3 is 0 Å². The largest absolute Gasteiger partial charge is 0.382 e. The number of hydrogen-bond donors (Lipinski definition) is 2. The van der Waals surface area contributed by atoms with Crippen LogP contribution in [0.1, 0.15) is 11.5 Å². The average Bonchev–Trinajstić information content (AvgIpc) is 1.99. The number of aryl methyl sites for hydroxylation is 1. The van der Waals surface area contributed by atoms with Crippen molar-refractivity contribution in [3.05, 3.63) is 11.5 Å². The molecule has 0 aliphatic rings. The molecular formula is C8H14N4O2S. The van der Waals surface area contributed by atoms with E-state index in [0.717, 1.165) is 6.26 Å². The molecule has 0 atom stereocenters. The summed E-state index contributed by atoms with van der Waals surface area (Å²) in [5.41, 5.74) is 11.3. The van der Waals surface area contributed by atoms with Crippen molar-refractivity contribution in [1.29, 1.82) is 0 Å². The summed E-state index contributed by atoms with van der Waals surface area (Å²) >= 11 is 0. The zero-order valence-corrected chi connectivity index (χ0v) is 9.50. The molecule has 0 fully saturated rings. The van der Waals surface area contributed by atoms with Gasteiger partial charge in [0.15, 0.2) is 9.84 Å². The van der Waals surface area contributed by atoms with E-state index in [1.54, 1.807) is 6.92 Å². The minimum atomic E-state index is -3.38. The third kappa shape index (κ3) is 2.63. The second kappa shape index (κ2) is 4.11. The highest BCUT2D eigenvalue weighted by atomic mass is 32.2. The lowest BCUT2D eigenvalue weighted by molar-refractivity contribution is 0.600. The topological polar surface area (TPSA) is 112 Å². The second-order valence-electron chi connectivity index (χ2n) is 3.25. The van der Waals surface area contributed by atoms with E-state index in [1.165, 1.54) is 0 Å². The molecule has 84 valence electrons. The van der Waals surface area contributed by atoms with Crippen molar-refractivity contribution in [2.24, 2.45) is 5.73 Å². The minimum Gasteiger partial charge on any atom is -0.382 e. The van der Waals surface area contributed by atoms with E-state index in [-0.39, 0.29) is 10.7 Å². The van der Waals surface area contributed by atoms with Crippen LogP contribution in [0.3, 0.4) is 0 Å². The average molecular weight is 230 g/mol. The van der Waals surface area contributed by atoms with Crippen LogP contribution in [0.2, 0.25) is 0 Å². The standard InChI is InChI=1S/C8H14N4O2S/c1-5-7(15(2,13)14)8(10)12-6(11-5)3-4-9/h3-4,9H2,1-2H3,(H2,10,11,12). The Morgan fingerprint density at radius 2 is 1.93 bits per heavy atom. The van der Waals surface area contributed by atoms with Crippen molar-refractivity contribution in [3.63, 3.8) is 0 Å². The normalized spacial score (nSPS) is 11.7. The van der Waals surface area contributed by atoms with Crippen LogP contribution >= 0.6 is 0 Å². The first-order chi connectivity index (χ1) is 6.86. The summed E-state index contributed by atoms with van der Waals surface area (Å²) in [4.78, 5) is 7.94.